The van der Waals surface area contributed by atoms with Crippen molar-refractivity contribution in [2.75, 3.05) is 19.6 Å². The largest absolute Gasteiger partial charge is 0.524 e. The number of hydrazine groups is 1. The average Bonchev–Trinajstić information content (AvgIpc) is 3.52. The molecule has 3 amide bonds. The molecule has 2 saturated heterocycles. The van der Waals surface area contributed by atoms with Crippen molar-refractivity contribution in [3.05, 3.63) is 114 Å². The van der Waals surface area contributed by atoms with Crippen LogP contribution in [0.2, 0.25) is 0 Å². The van der Waals surface area contributed by atoms with Crippen LogP contribution in [0.5, 0.6) is 5.75 Å². The molecule has 4 aromatic rings. The number of nitrogens with zero attached hydrogens (tertiary/aromatic N) is 4. The Morgan fingerprint density at radius 3 is 2.44 bits per heavy atom. The highest BCUT2D eigenvalue weighted by Gasteiger charge is 2.51. The van der Waals surface area contributed by atoms with Crippen molar-refractivity contribution in [2.45, 2.75) is 44.9 Å². The van der Waals surface area contributed by atoms with Crippen molar-refractivity contribution >= 4 is 42.2 Å². The first-order valence-electron chi connectivity index (χ1n) is 16.2. The van der Waals surface area contributed by atoms with E-state index in [9.17, 15) is 33.5 Å². The summed E-state index contributed by atoms with van der Waals surface area (Å²) < 4.78 is 16.0. The lowest BCUT2D eigenvalue weighted by Crippen LogP contribution is -2.75. The average molecular weight is 700 g/mol. The van der Waals surface area contributed by atoms with Crippen molar-refractivity contribution in [3.63, 3.8) is 0 Å². The van der Waals surface area contributed by atoms with Gasteiger partial charge in [0, 0.05) is 43.1 Å². The van der Waals surface area contributed by atoms with Crippen LogP contribution in [-0.4, -0.2) is 89.9 Å². The van der Waals surface area contributed by atoms with Gasteiger partial charge in [-0.15, -0.1) is 6.58 Å². The second kappa shape index (κ2) is 14.4. The standard InChI is InChI=1S/C36H38N5O8P/c1-3-18-39-23-34(44)40-31(19-26-12-15-28(16-13-26)49-50(46,47)48)36(45)38(21-27-10-7-11-29-30(24(2)42)20-37-35(27)29)22-32(40)41(39)33(43)17-14-25-8-5-4-6-9-25/h3-13,15-16,20,31-32,37H,1,14,17-19,21-23H2,2H3,(H2,46,47,48)/t31-,32-/m0/s1. The molecule has 3 N–H and O–H groups in total. The third-order valence-electron chi connectivity index (χ3n) is 9.01. The number of rotatable bonds is 12. The minimum atomic E-state index is -4.78. The number of carbonyl (C=O) groups is 4. The molecular weight excluding hydrogens is 661 g/mol. The molecule has 260 valence electrons. The van der Waals surface area contributed by atoms with E-state index in [2.05, 4.69) is 16.1 Å². The van der Waals surface area contributed by atoms with Gasteiger partial charge in [0.1, 0.15) is 18.0 Å². The third-order valence-corrected chi connectivity index (χ3v) is 9.46. The Labute approximate surface area is 288 Å². The number of hydrogen-bond acceptors (Lipinski definition) is 7. The van der Waals surface area contributed by atoms with E-state index < -0.39 is 20.0 Å². The molecule has 0 aliphatic carbocycles. The highest BCUT2D eigenvalue weighted by Crippen LogP contribution is 2.38. The van der Waals surface area contributed by atoms with E-state index in [1.165, 1.54) is 24.0 Å². The van der Waals surface area contributed by atoms with Crippen LogP contribution in [0.15, 0.2) is 91.6 Å². The number of nitrogens with one attached hydrogen (secondary N) is 1. The van der Waals surface area contributed by atoms with E-state index >= 15 is 0 Å². The monoisotopic (exact) mass is 699 g/mol. The van der Waals surface area contributed by atoms with Gasteiger partial charge in [0.2, 0.25) is 17.7 Å². The summed E-state index contributed by atoms with van der Waals surface area (Å²) in [6.45, 7) is 5.63. The number of fused-ring (bicyclic) bond motifs is 2. The summed E-state index contributed by atoms with van der Waals surface area (Å²) in [5.74, 6) is -0.994. The summed E-state index contributed by atoms with van der Waals surface area (Å²) in [6.07, 6.45) is 3.19. The van der Waals surface area contributed by atoms with Gasteiger partial charge >= 0.3 is 7.82 Å². The third kappa shape index (κ3) is 7.41. The summed E-state index contributed by atoms with van der Waals surface area (Å²) in [6, 6.07) is 20.1. The number of phosphoric acid groups is 1. The number of H-pyrrole nitrogens is 1. The van der Waals surface area contributed by atoms with E-state index in [4.69, 9.17) is 0 Å². The number of piperazine rings is 1. The second-order valence-electron chi connectivity index (χ2n) is 12.4. The topological polar surface area (TPSA) is 164 Å². The quantitative estimate of drug-likeness (QED) is 0.113. The SMILES string of the molecule is C=CCN1CC(=O)N2[C@@H](Cc3ccc(OP(=O)(O)O)cc3)C(=O)N(Cc3cccc4c(C(C)=O)c[nH]c34)C[C@@H]2N1C(=O)CCc1ccccc1. The Bertz CT molecular complexity index is 1980. The van der Waals surface area contributed by atoms with Crippen molar-refractivity contribution in [1.82, 2.24) is 24.8 Å². The molecule has 2 fully saturated rings. The first kappa shape index (κ1) is 34.8. The Hall–Kier alpha value is -5.07. The molecule has 14 heteroatoms. The maximum atomic E-state index is 14.4. The van der Waals surface area contributed by atoms with Crippen molar-refractivity contribution in [1.29, 1.82) is 0 Å². The zero-order chi connectivity index (χ0) is 35.6. The number of Topliss-reactive ketones (excluding diaryl/α,β-unsaturated/α-hetero) is 1. The van der Waals surface area contributed by atoms with Crippen LogP contribution in [0.1, 0.15) is 40.4 Å². The Morgan fingerprint density at radius 1 is 1.02 bits per heavy atom. The maximum Gasteiger partial charge on any atom is 0.524 e. The Morgan fingerprint density at radius 2 is 1.76 bits per heavy atom. The van der Waals surface area contributed by atoms with Crippen LogP contribution in [0.4, 0.5) is 0 Å². The normalized spacial score (nSPS) is 18.3. The van der Waals surface area contributed by atoms with Gasteiger partial charge in [-0.3, -0.25) is 29.0 Å². The first-order chi connectivity index (χ1) is 23.9. The van der Waals surface area contributed by atoms with Crippen LogP contribution in [-0.2, 0) is 38.3 Å². The molecule has 3 aromatic carbocycles. The predicted octanol–water partition coefficient (Wildman–Crippen LogP) is 3.83. The number of ketones is 1. The van der Waals surface area contributed by atoms with Crippen LogP contribution in [0.25, 0.3) is 10.9 Å². The van der Waals surface area contributed by atoms with Gasteiger partial charge in [-0.1, -0.05) is 66.7 Å². The van der Waals surface area contributed by atoms with Crippen molar-refractivity contribution < 1.29 is 38.1 Å². The molecule has 0 saturated carbocycles. The fraction of sp³-hybridized carbons (Fsp3) is 0.278. The number of para-hydroxylation sites is 1. The van der Waals surface area contributed by atoms with E-state index in [0.717, 1.165) is 16.5 Å². The lowest BCUT2D eigenvalue weighted by molar-refractivity contribution is -0.205. The first-order valence-corrected chi connectivity index (χ1v) is 17.7. The number of amides is 3. The molecule has 2 aliphatic heterocycles. The maximum absolute atomic E-state index is 14.4. The molecule has 3 heterocycles. The van der Waals surface area contributed by atoms with E-state index in [1.807, 2.05) is 48.5 Å². The number of aromatic nitrogens is 1. The lowest BCUT2D eigenvalue weighted by Gasteiger charge is -2.55. The lowest BCUT2D eigenvalue weighted by atomic mass is 9.97. The molecule has 2 atom stereocenters. The summed E-state index contributed by atoms with van der Waals surface area (Å²) in [5, 5.41) is 4.00. The van der Waals surface area contributed by atoms with Crippen molar-refractivity contribution in [2.24, 2.45) is 0 Å². The number of benzene rings is 3. The Kier molecular flexibility index (Phi) is 10.0. The zero-order valence-electron chi connectivity index (χ0n) is 27.5. The van der Waals surface area contributed by atoms with Gasteiger partial charge < -0.3 is 19.3 Å². The second-order valence-corrected chi connectivity index (χ2v) is 13.6. The molecule has 2 aliphatic rings. The smallest absolute Gasteiger partial charge is 0.404 e. The van der Waals surface area contributed by atoms with Crippen LogP contribution < -0.4 is 4.52 Å². The van der Waals surface area contributed by atoms with Gasteiger partial charge in [-0.2, -0.15) is 0 Å². The number of aromatic amines is 1. The predicted molar refractivity (Wildman–Crippen MR) is 184 cm³/mol. The highest BCUT2D eigenvalue weighted by atomic mass is 31.2. The number of phosphoric ester groups is 1. The molecule has 0 spiro atoms. The summed E-state index contributed by atoms with van der Waals surface area (Å²) in [7, 11) is -4.78. The summed E-state index contributed by atoms with van der Waals surface area (Å²) in [4.78, 5) is 79.5. The molecule has 13 nitrogen and oxygen atoms in total. The van der Waals surface area contributed by atoms with Gasteiger partial charge in [-0.25, -0.2) is 14.6 Å². The van der Waals surface area contributed by atoms with Crippen LogP contribution >= 0.6 is 7.82 Å². The summed E-state index contributed by atoms with van der Waals surface area (Å²) >= 11 is 0. The minimum Gasteiger partial charge on any atom is -0.404 e. The van der Waals surface area contributed by atoms with Crippen LogP contribution in [0.3, 0.4) is 0 Å². The van der Waals surface area contributed by atoms with Crippen molar-refractivity contribution in [3.8, 4) is 5.75 Å². The minimum absolute atomic E-state index is 0.0392. The van der Waals surface area contributed by atoms with E-state index in [0.29, 0.717) is 23.1 Å². The highest BCUT2D eigenvalue weighted by molar-refractivity contribution is 7.46. The molecule has 0 radical (unpaired) electrons. The number of hydrogen-bond donors (Lipinski definition) is 3. The van der Waals surface area contributed by atoms with E-state index in [1.54, 1.807) is 39.3 Å². The number of carbonyl (C=O) groups excluding carboxylic acids is 4. The molecule has 50 heavy (non-hydrogen) atoms. The molecule has 6 rings (SSSR count). The zero-order valence-corrected chi connectivity index (χ0v) is 28.4. The van der Waals surface area contributed by atoms with E-state index in [-0.39, 0.29) is 68.3 Å². The van der Waals surface area contributed by atoms with Gasteiger partial charge in [0.25, 0.3) is 0 Å². The van der Waals surface area contributed by atoms with Gasteiger partial charge in [0.15, 0.2) is 5.78 Å². The van der Waals surface area contributed by atoms with Gasteiger partial charge in [-0.05, 0) is 42.2 Å². The summed E-state index contributed by atoms with van der Waals surface area (Å²) in [5.41, 5.74) is 3.63. The fourth-order valence-corrected chi connectivity index (χ4v) is 7.20. The number of aryl methyl sites for hydroxylation is 1. The van der Waals surface area contributed by atoms with Gasteiger partial charge in [0.05, 0.1) is 18.6 Å². The molecule has 0 unspecified atom stereocenters. The fourth-order valence-electron chi connectivity index (χ4n) is 6.81. The molecule has 1 aromatic heterocycles. The molecular formula is C36H38N5O8P. The molecule has 0 bridgehead atoms. The Balaban J connectivity index is 1.37. The van der Waals surface area contributed by atoms with Crippen LogP contribution in [0, 0.1) is 0 Å².